The summed E-state index contributed by atoms with van der Waals surface area (Å²) in [5, 5.41) is 11.9. The van der Waals surface area contributed by atoms with Crippen molar-refractivity contribution in [3.63, 3.8) is 0 Å². The molecule has 2 unspecified atom stereocenters. The fourth-order valence-electron chi connectivity index (χ4n) is 8.18. The molecule has 0 saturated carbocycles. The normalized spacial score (nSPS) is 20.9. The van der Waals surface area contributed by atoms with Gasteiger partial charge in [-0.05, 0) is 91.9 Å². The summed E-state index contributed by atoms with van der Waals surface area (Å²) in [6, 6.07) is 13.8. The Balaban J connectivity index is 0.981. The maximum absolute atomic E-state index is 13.1. The summed E-state index contributed by atoms with van der Waals surface area (Å²) in [6.45, 7) is 12.5. The van der Waals surface area contributed by atoms with E-state index < -0.39 is 21.3 Å². The van der Waals surface area contributed by atoms with Gasteiger partial charge in [0.2, 0.25) is 0 Å². The van der Waals surface area contributed by atoms with Crippen LogP contribution in [0.1, 0.15) is 42.1 Å². The molecule has 3 aliphatic heterocycles. The van der Waals surface area contributed by atoms with Crippen LogP contribution in [0.2, 0.25) is 0 Å². The molecule has 0 aliphatic carbocycles. The number of hydrogen-bond acceptors (Lipinski definition) is 8. The zero-order chi connectivity index (χ0) is 35.4. The molecule has 0 bridgehead atoms. The molecular formula is C36H43F3N8OS2. The third-order valence-corrected chi connectivity index (χ3v) is 13.1. The van der Waals surface area contributed by atoms with E-state index in [1.807, 2.05) is 10.4 Å². The van der Waals surface area contributed by atoms with Gasteiger partial charge >= 0.3 is 6.18 Å². The van der Waals surface area contributed by atoms with Gasteiger partial charge < -0.3 is 9.47 Å². The van der Waals surface area contributed by atoms with Gasteiger partial charge in [0.05, 0.1) is 20.6 Å². The molecule has 3 saturated heterocycles. The summed E-state index contributed by atoms with van der Waals surface area (Å²) >= 11 is 5.19. The minimum atomic E-state index is -4.26. The molecular weight excluding hydrogens is 682 g/mol. The highest BCUT2D eigenvalue weighted by Gasteiger charge is 2.45. The lowest BCUT2D eigenvalue weighted by Gasteiger charge is -2.54. The Kier molecular flexibility index (Phi) is 9.34. The van der Waals surface area contributed by atoms with E-state index in [1.54, 1.807) is 18.4 Å². The average molecular weight is 725 g/mol. The third-order valence-electron chi connectivity index (χ3n) is 11.1. The Labute approximate surface area is 296 Å². The molecule has 5 heterocycles. The first kappa shape index (κ1) is 35.1. The highest BCUT2D eigenvalue weighted by Crippen LogP contribution is 2.44. The van der Waals surface area contributed by atoms with Gasteiger partial charge in [0.1, 0.15) is 23.9 Å². The SMILES string of the molecule is Cc1c(CN2CCC3(CC2)CN(c2ncnc4ccc(CC(F)(F)F)cc24)C3)ccc2c1cc(C#N)n2CC(C)N1CCN(S(C)(=O)=S)CC1. The van der Waals surface area contributed by atoms with Crippen LogP contribution in [0.5, 0.6) is 0 Å². The summed E-state index contributed by atoms with van der Waals surface area (Å²) in [7, 11) is -2.36. The van der Waals surface area contributed by atoms with Crippen LogP contribution in [0.4, 0.5) is 19.0 Å². The molecule has 4 aromatic rings. The molecule has 9 nitrogen and oxygen atoms in total. The van der Waals surface area contributed by atoms with Gasteiger partial charge in [-0.15, -0.1) is 0 Å². The van der Waals surface area contributed by atoms with Crippen molar-refractivity contribution in [2.75, 3.05) is 63.5 Å². The maximum atomic E-state index is 13.1. The number of halogens is 3. The summed E-state index contributed by atoms with van der Waals surface area (Å²) < 4.78 is 55.6. The number of fused-ring (bicyclic) bond motifs is 2. The molecule has 14 heteroatoms. The second kappa shape index (κ2) is 13.3. The fraction of sp³-hybridized carbons (Fsp3) is 0.528. The summed E-state index contributed by atoms with van der Waals surface area (Å²) in [5.41, 5.74) is 5.27. The van der Waals surface area contributed by atoms with Gasteiger partial charge in [-0.1, -0.05) is 12.1 Å². The number of nitrogens with zero attached hydrogens (tertiary/aromatic N) is 8. The number of likely N-dealkylation sites (tertiary alicyclic amines) is 1. The van der Waals surface area contributed by atoms with Crippen LogP contribution in [0.3, 0.4) is 0 Å². The Bertz CT molecular complexity index is 2050. The largest absolute Gasteiger partial charge is 0.393 e. The van der Waals surface area contributed by atoms with Crippen LogP contribution in [-0.4, -0.2) is 104 Å². The highest BCUT2D eigenvalue weighted by atomic mass is 32.8. The number of piperidine rings is 1. The van der Waals surface area contributed by atoms with E-state index in [-0.39, 0.29) is 17.0 Å². The van der Waals surface area contributed by atoms with Crippen LogP contribution < -0.4 is 4.90 Å². The van der Waals surface area contributed by atoms with Gasteiger partial charge in [-0.2, -0.15) is 18.4 Å². The quantitative estimate of drug-likeness (QED) is 0.243. The Morgan fingerprint density at radius 1 is 1.02 bits per heavy atom. The Morgan fingerprint density at radius 3 is 2.40 bits per heavy atom. The number of piperazine rings is 1. The second-order valence-corrected chi connectivity index (χ2v) is 18.4. The van der Waals surface area contributed by atoms with Gasteiger partial charge in [-0.3, -0.25) is 9.80 Å². The van der Waals surface area contributed by atoms with Crippen molar-refractivity contribution in [2.24, 2.45) is 5.41 Å². The second-order valence-electron chi connectivity index (χ2n) is 14.6. The van der Waals surface area contributed by atoms with E-state index >= 15 is 0 Å². The third kappa shape index (κ3) is 7.08. The molecule has 50 heavy (non-hydrogen) atoms. The van der Waals surface area contributed by atoms with Gasteiger partial charge in [0.15, 0.2) is 0 Å². The van der Waals surface area contributed by atoms with Crippen molar-refractivity contribution < 1.29 is 17.4 Å². The number of nitriles is 1. The van der Waals surface area contributed by atoms with Crippen molar-refractivity contribution in [2.45, 2.75) is 58.4 Å². The number of benzene rings is 2. The van der Waals surface area contributed by atoms with Gasteiger partial charge in [0.25, 0.3) is 0 Å². The molecule has 0 N–H and O–H groups in total. The predicted octanol–water partition coefficient (Wildman–Crippen LogP) is 5.27. The molecule has 2 aromatic carbocycles. The van der Waals surface area contributed by atoms with E-state index in [0.29, 0.717) is 36.2 Å². The first-order valence-corrected chi connectivity index (χ1v) is 20.1. The maximum Gasteiger partial charge on any atom is 0.393 e. The molecule has 0 radical (unpaired) electrons. The van der Waals surface area contributed by atoms with Crippen molar-refractivity contribution in [3.05, 3.63) is 65.1 Å². The zero-order valence-corrected chi connectivity index (χ0v) is 30.4. The monoisotopic (exact) mass is 724 g/mol. The van der Waals surface area contributed by atoms with Gasteiger partial charge in [-0.25, -0.2) is 18.5 Å². The van der Waals surface area contributed by atoms with E-state index in [0.717, 1.165) is 75.4 Å². The summed E-state index contributed by atoms with van der Waals surface area (Å²) in [5.74, 6) is 0.719. The molecule has 1 spiro atoms. The van der Waals surface area contributed by atoms with E-state index in [2.05, 4.69) is 61.3 Å². The molecule has 3 fully saturated rings. The van der Waals surface area contributed by atoms with Crippen LogP contribution in [-0.2, 0) is 39.4 Å². The zero-order valence-electron chi connectivity index (χ0n) is 28.7. The van der Waals surface area contributed by atoms with Gasteiger partial charge in [0, 0.05) is 86.4 Å². The molecule has 7 rings (SSSR count). The lowest BCUT2D eigenvalue weighted by Crippen LogP contribution is -2.60. The van der Waals surface area contributed by atoms with E-state index in [1.165, 1.54) is 23.5 Å². The van der Waals surface area contributed by atoms with Crippen LogP contribution in [0.15, 0.2) is 42.7 Å². The summed E-state index contributed by atoms with van der Waals surface area (Å²) in [4.78, 5) is 15.9. The van der Waals surface area contributed by atoms with Crippen LogP contribution in [0.25, 0.3) is 21.8 Å². The van der Waals surface area contributed by atoms with E-state index in [9.17, 15) is 22.6 Å². The van der Waals surface area contributed by atoms with Crippen molar-refractivity contribution in [1.29, 1.82) is 5.26 Å². The number of aromatic nitrogens is 3. The molecule has 3 aliphatic rings. The Hall–Kier alpha value is -3.35. The highest BCUT2D eigenvalue weighted by molar-refractivity contribution is 8.31. The smallest absolute Gasteiger partial charge is 0.355 e. The van der Waals surface area contributed by atoms with Crippen molar-refractivity contribution >= 4 is 47.5 Å². The van der Waals surface area contributed by atoms with Crippen LogP contribution in [0, 0.1) is 23.7 Å². The van der Waals surface area contributed by atoms with E-state index in [4.69, 9.17) is 11.2 Å². The number of aryl methyl sites for hydroxylation is 1. The number of rotatable bonds is 8. The predicted molar refractivity (Wildman–Crippen MR) is 194 cm³/mol. The van der Waals surface area contributed by atoms with Crippen LogP contribution >= 0.6 is 0 Å². The number of alkyl halides is 3. The molecule has 0 amide bonds. The topological polar surface area (TPSA) is 84.5 Å². The summed E-state index contributed by atoms with van der Waals surface area (Å²) in [6.07, 6.45) is -0.000145. The minimum absolute atomic E-state index is 0.180. The Morgan fingerprint density at radius 2 is 1.74 bits per heavy atom. The molecule has 266 valence electrons. The first-order chi connectivity index (χ1) is 23.7. The first-order valence-electron chi connectivity index (χ1n) is 17.2. The number of anilines is 1. The lowest BCUT2D eigenvalue weighted by atomic mass is 9.72. The van der Waals surface area contributed by atoms with Crippen molar-refractivity contribution in [1.82, 2.24) is 28.6 Å². The fourth-order valence-corrected chi connectivity index (χ4v) is 9.45. The minimum Gasteiger partial charge on any atom is -0.355 e. The average Bonchev–Trinajstić information content (AvgIpc) is 3.42. The lowest BCUT2D eigenvalue weighted by molar-refractivity contribution is -0.127. The standard InChI is InChI=1S/C36H43F3N8OS2/c1-25(44-12-14-46(15-13-44)50(3,48)49)20-47-29(19-40)17-30-26(2)28(5-7-33(30)47)21-43-10-8-35(9-11-43)22-45(23-35)34-31-16-27(18-36(37,38)39)4-6-32(31)41-24-42-34/h4-7,16-17,24-25H,8-15,18,20-23H2,1-3H3. The van der Waals surface area contributed by atoms with Crippen molar-refractivity contribution in [3.8, 4) is 6.07 Å². The molecule has 2 aromatic heterocycles. The number of hydrogen-bond donors (Lipinski definition) is 0. The molecule has 2 atom stereocenters.